The molecule has 3 N–H and O–H groups in total. The third-order valence-corrected chi connectivity index (χ3v) is 2.48. The second kappa shape index (κ2) is 6.27. The van der Waals surface area contributed by atoms with Crippen LogP contribution in [0.4, 0.5) is 0 Å². The van der Waals surface area contributed by atoms with Crippen LogP contribution in [0.5, 0.6) is 5.75 Å². The molecule has 0 saturated carbocycles. The van der Waals surface area contributed by atoms with E-state index >= 15 is 0 Å². The van der Waals surface area contributed by atoms with E-state index in [4.69, 9.17) is 5.73 Å². The van der Waals surface area contributed by atoms with E-state index in [1.807, 2.05) is 12.1 Å². The minimum atomic E-state index is -0.0573. The van der Waals surface area contributed by atoms with Crippen LogP contribution in [0, 0.1) is 0 Å². The Morgan fingerprint density at radius 2 is 2.14 bits per heavy atom. The molecule has 14 heavy (non-hydrogen) atoms. The van der Waals surface area contributed by atoms with E-state index in [0.29, 0.717) is 0 Å². The molecule has 1 atom stereocenters. The number of rotatable bonds is 3. The van der Waals surface area contributed by atoms with Gasteiger partial charge in [-0.1, -0.05) is 35.3 Å². The van der Waals surface area contributed by atoms with Crippen LogP contribution in [0.1, 0.15) is 31.4 Å². The molecule has 0 amide bonds. The summed E-state index contributed by atoms with van der Waals surface area (Å²) in [6, 6.07) is 5.37. The number of aromatic hydroxyl groups is 1. The fraction of sp³-hybridized carbons (Fsp3) is 0.400. The van der Waals surface area contributed by atoms with Crippen molar-refractivity contribution in [1.82, 2.24) is 0 Å². The molecule has 0 unspecified atom stereocenters. The average Bonchev–Trinajstić information content (AvgIpc) is 2.04. The smallest absolute Gasteiger partial charge is 0.121 e. The zero-order valence-electron chi connectivity index (χ0n) is 8.03. The molecule has 0 saturated heterocycles. The summed E-state index contributed by atoms with van der Waals surface area (Å²) in [5.41, 5.74) is 6.71. The van der Waals surface area contributed by atoms with Crippen LogP contribution in [0.25, 0.3) is 0 Å². The van der Waals surface area contributed by atoms with Crippen molar-refractivity contribution in [1.29, 1.82) is 0 Å². The van der Waals surface area contributed by atoms with Gasteiger partial charge < -0.3 is 10.8 Å². The highest BCUT2D eigenvalue weighted by Crippen LogP contribution is 2.28. The van der Waals surface area contributed by atoms with Crippen molar-refractivity contribution in [2.75, 3.05) is 0 Å². The van der Waals surface area contributed by atoms with Crippen molar-refractivity contribution in [3.8, 4) is 5.75 Å². The molecule has 0 aliphatic heterocycles. The summed E-state index contributed by atoms with van der Waals surface area (Å²) in [5.74, 6) is 0.273. The Labute approximate surface area is 99.0 Å². The average molecular weight is 281 g/mol. The molecule has 0 bridgehead atoms. The van der Waals surface area contributed by atoms with Gasteiger partial charge in [-0.3, -0.25) is 0 Å². The van der Waals surface area contributed by atoms with Gasteiger partial charge in [-0.05, 0) is 18.6 Å². The van der Waals surface area contributed by atoms with Crippen molar-refractivity contribution >= 4 is 28.3 Å². The largest absolute Gasteiger partial charge is 0.508 e. The highest BCUT2D eigenvalue weighted by molar-refractivity contribution is 9.10. The van der Waals surface area contributed by atoms with Gasteiger partial charge in [0.05, 0.1) is 0 Å². The number of nitrogens with two attached hydrogens (primary N) is 1. The van der Waals surface area contributed by atoms with Gasteiger partial charge in [0.15, 0.2) is 0 Å². The quantitative estimate of drug-likeness (QED) is 0.891. The minimum Gasteiger partial charge on any atom is -0.508 e. The molecular formula is C10H15BrClNO. The van der Waals surface area contributed by atoms with Crippen LogP contribution in [0.3, 0.4) is 0 Å². The van der Waals surface area contributed by atoms with Gasteiger partial charge >= 0.3 is 0 Å². The first-order valence-corrected chi connectivity index (χ1v) is 5.18. The lowest BCUT2D eigenvalue weighted by Crippen LogP contribution is -2.09. The fourth-order valence-corrected chi connectivity index (χ4v) is 1.65. The topological polar surface area (TPSA) is 46.2 Å². The molecule has 0 radical (unpaired) electrons. The van der Waals surface area contributed by atoms with E-state index in [0.717, 1.165) is 22.9 Å². The number of halogens is 2. The van der Waals surface area contributed by atoms with Gasteiger partial charge in [0.2, 0.25) is 0 Å². The second-order valence-electron chi connectivity index (χ2n) is 3.10. The molecule has 1 rings (SSSR count). The Bertz CT molecular complexity index is 293. The van der Waals surface area contributed by atoms with Gasteiger partial charge in [0.1, 0.15) is 5.75 Å². The molecule has 0 fully saturated rings. The Balaban J connectivity index is 0.00000169. The Morgan fingerprint density at radius 1 is 1.50 bits per heavy atom. The van der Waals surface area contributed by atoms with Crippen molar-refractivity contribution in [3.05, 3.63) is 28.2 Å². The Hall–Kier alpha value is -0.250. The van der Waals surface area contributed by atoms with Crippen molar-refractivity contribution in [2.45, 2.75) is 25.8 Å². The summed E-state index contributed by atoms with van der Waals surface area (Å²) in [7, 11) is 0. The van der Waals surface area contributed by atoms with E-state index in [-0.39, 0.29) is 24.2 Å². The van der Waals surface area contributed by atoms with Crippen molar-refractivity contribution < 1.29 is 5.11 Å². The first-order valence-electron chi connectivity index (χ1n) is 4.39. The van der Waals surface area contributed by atoms with E-state index in [9.17, 15) is 5.11 Å². The van der Waals surface area contributed by atoms with Gasteiger partial charge in [0.25, 0.3) is 0 Å². The summed E-state index contributed by atoms with van der Waals surface area (Å²) in [6.07, 6.45) is 1.92. The van der Waals surface area contributed by atoms with Crippen molar-refractivity contribution in [2.24, 2.45) is 5.73 Å². The SMILES string of the molecule is CCC[C@@H](N)c1ccc(Br)cc1O.Cl. The maximum atomic E-state index is 9.58. The zero-order valence-corrected chi connectivity index (χ0v) is 10.4. The molecule has 0 aliphatic carbocycles. The van der Waals surface area contributed by atoms with Crippen LogP contribution in [0.15, 0.2) is 22.7 Å². The van der Waals surface area contributed by atoms with E-state index in [1.54, 1.807) is 6.07 Å². The molecule has 80 valence electrons. The first-order chi connectivity index (χ1) is 6.15. The van der Waals surface area contributed by atoms with Crippen LogP contribution < -0.4 is 5.73 Å². The highest BCUT2D eigenvalue weighted by Gasteiger charge is 2.09. The molecular weight excluding hydrogens is 265 g/mol. The molecule has 1 aromatic rings. The lowest BCUT2D eigenvalue weighted by molar-refractivity contribution is 0.457. The number of hydrogen-bond donors (Lipinski definition) is 2. The second-order valence-corrected chi connectivity index (χ2v) is 4.01. The fourth-order valence-electron chi connectivity index (χ4n) is 1.30. The summed E-state index contributed by atoms with van der Waals surface area (Å²) in [6.45, 7) is 2.08. The molecule has 0 aromatic heterocycles. The molecule has 1 aromatic carbocycles. The van der Waals surface area contributed by atoms with Gasteiger partial charge in [-0.25, -0.2) is 0 Å². The predicted octanol–water partition coefficient (Wildman–Crippen LogP) is 3.38. The predicted molar refractivity (Wildman–Crippen MR) is 64.9 cm³/mol. The minimum absolute atomic E-state index is 0. The van der Waals surface area contributed by atoms with E-state index in [1.165, 1.54) is 0 Å². The lowest BCUT2D eigenvalue weighted by atomic mass is 10.0. The lowest BCUT2D eigenvalue weighted by Gasteiger charge is -2.12. The monoisotopic (exact) mass is 279 g/mol. The van der Waals surface area contributed by atoms with Crippen LogP contribution in [-0.4, -0.2) is 5.11 Å². The molecule has 2 nitrogen and oxygen atoms in total. The normalized spacial score (nSPS) is 11.9. The summed E-state index contributed by atoms with van der Waals surface area (Å²) >= 11 is 3.28. The first kappa shape index (κ1) is 13.8. The number of phenolic OH excluding ortho intramolecular Hbond substituents is 1. The maximum Gasteiger partial charge on any atom is 0.121 e. The number of phenols is 1. The van der Waals surface area contributed by atoms with Crippen LogP contribution in [-0.2, 0) is 0 Å². The molecule has 0 aliphatic rings. The zero-order chi connectivity index (χ0) is 9.84. The Morgan fingerprint density at radius 3 is 2.64 bits per heavy atom. The molecule has 4 heteroatoms. The van der Waals surface area contributed by atoms with Crippen molar-refractivity contribution in [3.63, 3.8) is 0 Å². The summed E-state index contributed by atoms with van der Waals surface area (Å²) < 4.78 is 0.873. The summed E-state index contributed by atoms with van der Waals surface area (Å²) in [4.78, 5) is 0. The molecule has 0 spiro atoms. The maximum absolute atomic E-state index is 9.58. The Kier molecular flexibility index (Phi) is 6.16. The highest BCUT2D eigenvalue weighted by atomic mass is 79.9. The van der Waals surface area contributed by atoms with Crippen LogP contribution in [0.2, 0.25) is 0 Å². The summed E-state index contributed by atoms with van der Waals surface area (Å²) in [5, 5.41) is 9.58. The van der Waals surface area contributed by atoms with E-state index in [2.05, 4.69) is 22.9 Å². The third kappa shape index (κ3) is 3.48. The van der Waals surface area contributed by atoms with Gasteiger partial charge in [-0.2, -0.15) is 0 Å². The van der Waals surface area contributed by atoms with Gasteiger partial charge in [-0.15, -0.1) is 12.4 Å². The third-order valence-electron chi connectivity index (χ3n) is 1.99. The van der Waals surface area contributed by atoms with E-state index < -0.39 is 0 Å². The van der Waals surface area contributed by atoms with Gasteiger partial charge in [0, 0.05) is 16.1 Å². The number of benzene rings is 1. The number of hydrogen-bond acceptors (Lipinski definition) is 2. The molecule has 0 heterocycles. The standard InChI is InChI=1S/C10H14BrNO.ClH/c1-2-3-9(12)8-5-4-7(11)6-10(8)13;/h4-6,9,13H,2-3,12H2,1H3;1H/t9-;/m1./s1. The van der Waals surface area contributed by atoms with Crippen LogP contribution >= 0.6 is 28.3 Å².